The minimum atomic E-state index is -0.197. The Bertz CT molecular complexity index is 1030. The van der Waals surface area contributed by atoms with Crippen molar-refractivity contribution in [1.29, 1.82) is 0 Å². The molecule has 2 heterocycles. The molecule has 0 aliphatic carbocycles. The molecule has 1 amide bonds. The van der Waals surface area contributed by atoms with Gasteiger partial charge in [0.1, 0.15) is 5.75 Å². The molecule has 7 nitrogen and oxygen atoms in total. The van der Waals surface area contributed by atoms with Gasteiger partial charge in [-0.15, -0.1) is 0 Å². The minimum Gasteiger partial charge on any atom is -0.497 e. The Morgan fingerprint density at radius 1 is 1.10 bits per heavy atom. The third-order valence-corrected chi connectivity index (χ3v) is 5.10. The molecule has 156 valence electrons. The number of rotatable bonds is 8. The first kappa shape index (κ1) is 19.8. The Kier molecular flexibility index (Phi) is 5.88. The van der Waals surface area contributed by atoms with E-state index in [1.54, 1.807) is 25.3 Å². The van der Waals surface area contributed by atoms with Crippen LogP contribution in [0.15, 0.2) is 42.5 Å². The molecule has 2 aromatic carbocycles. The van der Waals surface area contributed by atoms with Crippen LogP contribution in [-0.4, -0.2) is 30.0 Å². The molecule has 2 N–H and O–H groups in total. The predicted molar refractivity (Wildman–Crippen MR) is 114 cm³/mol. The molecule has 0 fully saturated rings. The van der Waals surface area contributed by atoms with Crippen LogP contribution in [-0.2, 0) is 19.3 Å². The smallest absolute Gasteiger partial charge is 0.255 e. The minimum absolute atomic E-state index is 0.179. The van der Waals surface area contributed by atoms with Gasteiger partial charge in [-0.3, -0.25) is 9.89 Å². The van der Waals surface area contributed by atoms with E-state index in [2.05, 4.69) is 22.4 Å². The maximum atomic E-state index is 12.9. The van der Waals surface area contributed by atoms with Crippen LogP contribution < -0.4 is 19.5 Å². The highest BCUT2D eigenvalue weighted by Crippen LogP contribution is 2.33. The van der Waals surface area contributed by atoms with Crippen molar-refractivity contribution in [2.45, 2.75) is 32.6 Å². The van der Waals surface area contributed by atoms with Gasteiger partial charge in [0.25, 0.3) is 5.91 Å². The average Bonchev–Trinajstić information content (AvgIpc) is 3.39. The van der Waals surface area contributed by atoms with Gasteiger partial charge in [-0.05, 0) is 55.2 Å². The van der Waals surface area contributed by atoms with E-state index in [1.807, 2.05) is 24.3 Å². The van der Waals surface area contributed by atoms with Crippen LogP contribution in [0, 0.1) is 0 Å². The predicted octanol–water partition coefficient (Wildman–Crippen LogP) is 4.14. The molecule has 0 saturated carbocycles. The van der Waals surface area contributed by atoms with Crippen LogP contribution in [0.25, 0.3) is 0 Å². The lowest BCUT2D eigenvalue weighted by atomic mass is 10.1. The standard InChI is InChI=1S/C23H25N3O4/c1-3-4-18-22(24-23(27)16-8-12-20-21(13-16)30-14-29-20)19(26-25-18)11-7-15-5-9-17(28-2)10-6-15/h5-6,8-10,12-13H,3-4,7,11,14H2,1-2H3,(H,24,27)(H,25,26). The van der Waals surface area contributed by atoms with E-state index >= 15 is 0 Å². The number of carbonyl (C=O) groups excluding carboxylic acids is 1. The molecule has 0 bridgehead atoms. The summed E-state index contributed by atoms with van der Waals surface area (Å²) in [6.07, 6.45) is 3.29. The van der Waals surface area contributed by atoms with Crippen molar-refractivity contribution in [2.75, 3.05) is 19.2 Å². The number of ether oxygens (including phenoxy) is 3. The second-order valence-corrected chi connectivity index (χ2v) is 7.14. The van der Waals surface area contributed by atoms with E-state index in [9.17, 15) is 4.79 Å². The van der Waals surface area contributed by atoms with Crippen LogP contribution in [0.5, 0.6) is 17.2 Å². The number of anilines is 1. The Morgan fingerprint density at radius 3 is 2.67 bits per heavy atom. The highest BCUT2D eigenvalue weighted by molar-refractivity contribution is 6.05. The molecule has 0 atom stereocenters. The van der Waals surface area contributed by atoms with E-state index in [0.29, 0.717) is 23.5 Å². The number of benzene rings is 2. The van der Waals surface area contributed by atoms with E-state index in [4.69, 9.17) is 14.2 Å². The van der Waals surface area contributed by atoms with Crippen LogP contribution in [0.1, 0.15) is 40.7 Å². The van der Waals surface area contributed by atoms with E-state index in [-0.39, 0.29) is 12.7 Å². The van der Waals surface area contributed by atoms with Gasteiger partial charge in [0.2, 0.25) is 6.79 Å². The third kappa shape index (κ3) is 4.25. The fraction of sp³-hybridized carbons (Fsp3) is 0.304. The van der Waals surface area contributed by atoms with Crippen molar-refractivity contribution in [2.24, 2.45) is 0 Å². The summed E-state index contributed by atoms with van der Waals surface area (Å²) in [6.45, 7) is 2.28. The molecule has 7 heteroatoms. The fourth-order valence-electron chi connectivity index (χ4n) is 3.46. The van der Waals surface area contributed by atoms with Crippen LogP contribution >= 0.6 is 0 Å². The van der Waals surface area contributed by atoms with Gasteiger partial charge in [-0.25, -0.2) is 0 Å². The maximum Gasteiger partial charge on any atom is 0.255 e. The number of methoxy groups -OCH3 is 1. The zero-order valence-electron chi connectivity index (χ0n) is 17.2. The molecule has 3 aromatic rings. The molecular weight excluding hydrogens is 382 g/mol. The highest BCUT2D eigenvalue weighted by Gasteiger charge is 2.19. The van der Waals surface area contributed by atoms with Gasteiger partial charge in [0, 0.05) is 5.56 Å². The maximum absolute atomic E-state index is 12.9. The van der Waals surface area contributed by atoms with Crippen molar-refractivity contribution >= 4 is 11.6 Å². The lowest BCUT2D eigenvalue weighted by molar-refractivity contribution is 0.102. The Labute approximate surface area is 175 Å². The van der Waals surface area contributed by atoms with Gasteiger partial charge in [0.15, 0.2) is 11.5 Å². The van der Waals surface area contributed by atoms with Crippen molar-refractivity contribution < 1.29 is 19.0 Å². The Balaban J connectivity index is 1.50. The Hall–Kier alpha value is -3.48. The van der Waals surface area contributed by atoms with Crippen molar-refractivity contribution in [1.82, 2.24) is 10.2 Å². The molecule has 0 saturated heterocycles. The number of hydrogen-bond acceptors (Lipinski definition) is 5. The largest absolute Gasteiger partial charge is 0.497 e. The van der Waals surface area contributed by atoms with E-state index in [1.165, 1.54) is 5.56 Å². The average molecular weight is 407 g/mol. The van der Waals surface area contributed by atoms with Gasteiger partial charge < -0.3 is 19.5 Å². The summed E-state index contributed by atoms with van der Waals surface area (Å²) in [4.78, 5) is 12.9. The topological polar surface area (TPSA) is 85.5 Å². The summed E-state index contributed by atoms with van der Waals surface area (Å²) >= 11 is 0. The fourth-order valence-corrected chi connectivity index (χ4v) is 3.46. The third-order valence-electron chi connectivity index (χ3n) is 5.10. The number of fused-ring (bicyclic) bond motifs is 1. The Morgan fingerprint density at radius 2 is 1.90 bits per heavy atom. The zero-order chi connectivity index (χ0) is 20.9. The van der Waals surface area contributed by atoms with Crippen molar-refractivity contribution in [3.8, 4) is 17.2 Å². The molecule has 1 aromatic heterocycles. The zero-order valence-corrected chi connectivity index (χ0v) is 17.2. The quantitative estimate of drug-likeness (QED) is 0.586. The van der Waals surface area contributed by atoms with Gasteiger partial charge >= 0.3 is 0 Å². The lowest BCUT2D eigenvalue weighted by Crippen LogP contribution is -2.14. The number of nitrogens with one attached hydrogen (secondary N) is 2. The number of aromatic amines is 1. The molecule has 0 radical (unpaired) electrons. The van der Waals surface area contributed by atoms with Gasteiger partial charge in [0.05, 0.1) is 24.2 Å². The summed E-state index contributed by atoms with van der Waals surface area (Å²) in [5.41, 5.74) is 4.26. The van der Waals surface area contributed by atoms with Gasteiger partial charge in [-0.2, -0.15) is 5.10 Å². The first-order valence-electron chi connectivity index (χ1n) is 10.1. The molecular formula is C23H25N3O4. The molecule has 1 aliphatic rings. The van der Waals surface area contributed by atoms with E-state index in [0.717, 1.165) is 42.1 Å². The van der Waals surface area contributed by atoms with Crippen LogP contribution in [0.4, 0.5) is 5.69 Å². The first-order valence-corrected chi connectivity index (χ1v) is 10.1. The van der Waals surface area contributed by atoms with Crippen molar-refractivity contribution in [3.63, 3.8) is 0 Å². The van der Waals surface area contributed by atoms with E-state index < -0.39 is 0 Å². The first-order chi connectivity index (χ1) is 14.7. The summed E-state index contributed by atoms with van der Waals surface area (Å²) in [5.74, 6) is 1.88. The number of nitrogens with zero attached hydrogens (tertiary/aromatic N) is 1. The second kappa shape index (κ2) is 8.90. The molecule has 4 rings (SSSR count). The second-order valence-electron chi connectivity index (χ2n) is 7.14. The summed E-state index contributed by atoms with van der Waals surface area (Å²) in [6, 6.07) is 13.2. The number of carbonyl (C=O) groups is 1. The molecule has 1 aliphatic heterocycles. The molecule has 0 spiro atoms. The number of aryl methyl sites for hydroxylation is 3. The molecule has 30 heavy (non-hydrogen) atoms. The monoisotopic (exact) mass is 407 g/mol. The van der Waals surface area contributed by atoms with Crippen molar-refractivity contribution in [3.05, 3.63) is 65.0 Å². The number of hydrogen-bond donors (Lipinski definition) is 2. The summed E-state index contributed by atoms with van der Waals surface area (Å²) in [7, 11) is 1.66. The lowest BCUT2D eigenvalue weighted by Gasteiger charge is -2.09. The normalized spacial score (nSPS) is 12.1. The van der Waals surface area contributed by atoms with Crippen LogP contribution in [0.3, 0.4) is 0 Å². The van der Waals surface area contributed by atoms with Gasteiger partial charge in [-0.1, -0.05) is 25.5 Å². The van der Waals surface area contributed by atoms with Crippen LogP contribution in [0.2, 0.25) is 0 Å². The number of aromatic nitrogens is 2. The number of amides is 1. The highest BCUT2D eigenvalue weighted by atomic mass is 16.7. The number of H-pyrrole nitrogens is 1. The SMILES string of the molecule is CCCc1[nH]nc(CCc2ccc(OC)cc2)c1NC(=O)c1ccc2c(c1)OCO2. The summed E-state index contributed by atoms with van der Waals surface area (Å²) in [5, 5.41) is 10.6. The summed E-state index contributed by atoms with van der Waals surface area (Å²) < 4.78 is 15.9. The molecule has 0 unspecified atom stereocenters.